The van der Waals surface area contributed by atoms with Crippen LogP contribution in [0.25, 0.3) is 22.5 Å². The van der Waals surface area contributed by atoms with Gasteiger partial charge in [0.15, 0.2) is 0 Å². The lowest BCUT2D eigenvalue weighted by Gasteiger charge is -2.16. The van der Waals surface area contributed by atoms with Gasteiger partial charge in [0.2, 0.25) is 6.39 Å². The number of aromatic amines is 1. The van der Waals surface area contributed by atoms with E-state index >= 15 is 0 Å². The first kappa shape index (κ1) is 20.1. The Hall–Kier alpha value is -3.20. The molecular formula is C21H26N6O3. The van der Waals surface area contributed by atoms with Gasteiger partial charge in [-0.15, -0.1) is 10.2 Å². The van der Waals surface area contributed by atoms with Gasteiger partial charge in [0.25, 0.3) is 11.8 Å². The Labute approximate surface area is 174 Å². The Kier molecular flexibility index (Phi) is 5.07. The van der Waals surface area contributed by atoms with E-state index in [0.29, 0.717) is 18.9 Å². The minimum atomic E-state index is -0.847. The number of hydrogen-bond donors (Lipinski definition) is 2. The number of hydrogen-bond acceptors (Lipinski definition) is 6. The predicted octanol–water partition coefficient (Wildman–Crippen LogP) is 2.19. The number of fused-ring (bicyclic) bond motifs is 1. The molecule has 0 spiro atoms. The van der Waals surface area contributed by atoms with Crippen molar-refractivity contribution in [2.75, 3.05) is 27.2 Å². The van der Waals surface area contributed by atoms with Crippen molar-refractivity contribution in [3.63, 3.8) is 0 Å². The lowest BCUT2D eigenvalue weighted by atomic mass is 10.0. The standard InChI is InChI=1S/C21H26N6O3/c1-21(2)19(28)27(20(29)24-21)10-7-13-5-6-16-15(11-13)14(8-9-26(3)4)17(23-16)18-25-22-12-30-18/h5-6,11-12,23H,7-10H2,1-4H3,(H,24,29). The third-order valence-electron chi connectivity index (χ3n) is 5.42. The molecule has 1 saturated heterocycles. The molecule has 0 radical (unpaired) electrons. The van der Waals surface area contributed by atoms with E-state index in [9.17, 15) is 9.59 Å². The van der Waals surface area contributed by atoms with E-state index in [2.05, 4.69) is 31.5 Å². The van der Waals surface area contributed by atoms with Crippen LogP contribution in [0.3, 0.4) is 0 Å². The lowest BCUT2D eigenvalue weighted by molar-refractivity contribution is -0.130. The zero-order valence-electron chi connectivity index (χ0n) is 17.7. The van der Waals surface area contributed by atoms with Gasteiger partial charge in [0.1, 0.15) is 11.2 Å². The smallest absolute Gasteiger partial charge is 0.325 e. The second kappa shape index (κ2) is 7.56. The van der Waals surface area contributed by atoms with Gasteiger partial charge in [-0.1, -0.05) is 6.07 Å². The van der Waals surface area contributed by atoms with E-state index in [1.54, 1.807) is 13.8 Å². The molecular weight excluding hydrogens is 384 g/mol. The monoisotopic (exact) mass is 410 g/mol. The molecule has 3 heterocycles. The number of rotatable bonds is 7. The summed E-state index contributed by atoms with van der Waals surface area (Å²) in [5.74, 6) is 0.267. The number of carbonyl (C=O) groups excluding carboxylic acids is 2. The van der Waals surface area contributed by atoms with E-state index in [-0.39, 0.29) is 11.9 Å². The number of likely N-dealkylation sites (N-methyl/N-ethyl adjacent to an activating group) is 1. The Morgan fingerprint density at radius 1 is 1.20 bits per heavy atom. The summed E-state index contributed by atoms with van der Waals surface area (Å²) in [5, 5.41) is 11.7. The van der Waals surface area contributed by atoms with Gasteiger partial charge >= 0.3 is 6.03 Å². The maximum absolute atomic E-state index is 12.4. The van der Waals surface area contributed by atoms with Crippen molar-refractivity contribution in [3.05, 3.63) is 35.7 Å². The quantitative estimate of drug-likeness (QED) is 0.578. The third-order valence-corrected chi connectivity index (χ3v) is 5.42. The molecule has 0 aliphatic carbocycles. The highest BCUT2D eigenvalue weighted by Crippen LogP contribution is 2.31. The van der Waals surface area contributed by atoms with Gasteiger partial charge in [-0.2, -0.15) is 0 Å². The third kappa shape index (κ3) is 3.68. The second-order valence-electron chi connectivity index (χ2n) is 8.42. The number of amides is 3. The molecule has 30 heavy (non-hydrogen) atoms. The molecule has 1 aliphatic heterocycles. The van der Waals surface area contributed by atoms with Gasteiger partial charge in [0, 0.05) is 24.0 Å². The molecule has 1 aliphatic rings. The summed E-state index contributed by atoms with van der Waals surface area (Å²) >= 11 is 0. The lowest BCUT2D eigenvalue weighted by Crippen LogP contribution is -2.40. The minimum Gasteiger partial charge on any atom is -0.422 e. The van der Waals surface area contributed by atoms with E-state index in [1.165, 1.54) is 11.3 Å². The fourth-order valence-electron chi connectivity index (χ4n) is 3.77. The van der Waals surface area contributed by atoms with Gasteiger partial charge in [-0.05, 0) is 64.0 Å². The maximum atomic E-state index is 12.4. The molecule has 0 bridgehead atoms. The summed E-state index contributed by atoms with van der Waals surface area (Å²) in [6.45, 7) is 4.65. The van der Waals surface area contributed by atoms with Crippen molar-refractivity contribution in [2.45, 2.75) is 32.2 Å². The van der Waals surface area contributed by atoms with Crippen molar-refractivity contribution in [1.29, 1.82) is 0 Å². The van der Waals surface area contributed by atoms with Gasteiger partial charge < -0.3 is 19.6 Å². The summed E-state index contributed by atoms with van der Waals surface area (Å²) in [4.78, 5) is 31.4. The van der Waals surface area contributed by atoms with Crippen LogP contribution in [0.5, 0.6) is 0 Å². The molecule has 1 aromatic carbocycles. The first-order valence-electron chi connectivity index (χ1n) is 9.95. The van der Waals surface area contributed by atoms with Crippen LogP contribution >= 0.6 is 0 Å². The average Bonchev–Trinajstić information content (AvgIpc) is 3.37. The number of aromatic nitrogens is 3. The maximum Gasteiger partial charge on any atom is 0.325 e. The van der Waals surface area contributed by atoms with Crippen LogP contribution < -0.4 is 5.32 Å². The molecule has 0 saturated carbocycles. The van der Waals surface area contributed by atoms with Crippen LogP contribution in [0, 0.1) is 0 Å². The number of imide groups is 1. The SMILES string of the molecule is CN(C)CCc1c(-c2nnco2)[nH]c2ccc(CCN3C(=O)NC(C)(C)C3=O)cc12. The number of H-pyrrole nitrogens is 1. The summed E-state index contributed by atoms with van der Waals surface area (Å²) < 4.78 is 5.43. The van der Waals surface area contributed by atoms with Crippen molar-refractivity contribution in [2.24, 2.45) is 0 Å². The van der Waals surface area contributed by atoms with Crippen LogP contribution in [0.15, 0.2) is 29.0 Å². The van der Waals surface area contributed by atoms with Crippen molar-refractivity contribution < 1.29 is 14.0 Å². The Bertz CT molecular complexity index is 1080. The van der Waals surface area contributed by atoms with Gasteiger partial charge in [-0.3, -0.25) is 9.69 Å². The largest absolute Gasteiger partial charge is 0.422 e. The van der Waals surface area contributed by atoms with Crippen LogP contribution in [0.2, 0.25) is 0 Å². The average molecular weight is 410 g/mol. The molecule has 9 nitrogen and oxygen atoms in total. The minimum absolute atomic E-state index is 0.194. The predicted molar refractivity (Wildman–Crippen MR) is 112 cm³/mol. The van der Waals surface area contributed by atoms with Crippen LogP contribution in [0.1, 0.15) is 25.0 Å². The van der Waals surface area contributed by atoms with Crippen molar-refractivity contribution in [1.82, 2.24) is 30.3 Å². The summed E-state index contributed by atoms with van der Waals surface area (Å²) in [6, 6.07) is 5.80. The second-order valence-corrected chi connectivity index (χ2v) is 8.42. The number of carbonyl (C=O) groups is 2. The highest BCUT2D eigenvalue weighted by molar-refractivity contribution is 6.06. The number of urea groups is 1. The summed E-state index contributed by atoms with van der Waals surface area (Å²) in [7, 11) is 4.07. The van der Waals surface area contributed by atoms with Gasteiger partial charge in [0.05, 0.1) is 0 Å². The first-order chi connectivity index (χ1) is 14.3. The van der Waals surface area contributed by atoms with Crippen LogP contribution in [-0.4, -0.2) is 69.6 Å². The van der Waals surface area contributed by atoms with Crippen molar-refractivity contribution in [3.8, 4) is 11.6 Å². The molecule has 2 aromatic heterocycles. The number of nitrogens with one attached hydrogen (secondary N) is 2. The molecule has 2 N–H and O–H groups in total. The highest BCUT2D eigenvalue weighted by atomic mass is 16.4. The fourth-order valence-corrected chi connectivity index (χ4v) is 3.77. The molecule has 0 atom stereocenters. The molecule has 3 amide bonds. The zero-order valence-corrected chi connectivity index (χ0v) is 17.7. The molecule has 3 aromatic rings. The van der Waals surface area contributed by atoms with E-state index < -0.39 is 5.54 Å². The summed E-state index contributed by atoms with van der Waals surface area (Å²) in [5.41, 5.74) is 3.13. The Morgan fingerprint density at radius 3 is 2.63 bits per heavy atom. The van der Waals surface area contributed by atoms with Crippen LogP contribution in [0.4, 0.5) is 4.79 Å². The molecule has 1 fully saturated rings. The van der Waals surface area contributed by atoms with Crippen LogP contribution in [-0.2, 0) is 17.6 Å². The van der Waals surface area contributed by atoms with E-state index in [4.69, 9.17) is 4.42 Å². The van der Waals surface area contributed by atoms with Crippen molar-refractivity contribution >= 4 is 22.8 Å². The zero-order chi connectivity index (χ0) is 21.5. The van der Waals surface area contributed by atoms with E-state index in [0.717, 1.165) is 40.7 Å². The summed E-state index contributed by atoms with van der Waals surface area (Å²) in [6.07, 6.45) is 2.72. The van der Waals surface area contributed by atoms with Gasteiger partial charge in [-0.25, -0.2) is 4.79 Å². The van der Waals surface area contributed by atoms with E-state index in [1.807, 2.05) is 26.2 Å². The molecule has 9 heteroatoms. The molecule has 158 valence electrons. The normalized spacial score (nSPS) is 16.1. The number of benzene rings is 1. The first-order valence-corrected chi connectivity index (χ1v) is 9.95. The topological polar surface area (TPSA) is 107 Å². The number of nitrogens with zero attached hydrogens (tertiary/aromatic N) is 4. The fraction of sp³-hybridized carbons (Fsp3) is 0.429. The molecule has 4 rings (SSSR count). The Morgan fingerprint density at radius 2 is 2.00 bits per heavy atom. The highest BCUT2D eigenvalue weighted by Gasteiger charge is 2.43. The molecule has 0 unspecified atom stereocenters. The Balaban J connectivity index is 1.62.